The van der Waals surface area contributed by atoms with Crippen LogP contribution in [0.4, 0.5) is 0 Å². The van der Waals surface area contributed by atoms with Crippen LogP contribution >= 0.6 is 12.2 Å². The van der Waals surface area contributed by atoms with Gasteiger partial charge in [-0.3, -0.25) is 28.7 Å². The van der Waals surface area contributed by atoms with Crippen molar-refractivity contribution >= 4 is 35.1 Å². The van der Waals surface area contributed by atoms with Crippen LogP contribution in [0.25, 0.3) is 0 Å². The molecule has 1 aromatic heterocycles. The molecular formula is C16H19N3O9S. The summed E-state index contributed by atoms with van der Waals surface area (Å²) in [6, 6.07) is 0.970. The maximum absolute atomic E-state index is 12.5. The number of thiocarbonyl (C=S) groups is 1. The van der Waals surface area contributed by atoms with Gasteiger partial charge in [0.25, 0.3) is 5.56 Å². The number of H-pyrrole nitrogens is 1. The highest BCUT2D eigenvalue weighted by Gasteiger charge is 2.51. The molecule has 1 aliphatic heterocycles. The van der Waals surface area contributed by atoms with E-state index in [4.69, 9.17) is 36.9 Å². The molecule has 4 atom stereocenters. The molecule has 0 aliphatic carbocycles. The van der Waals surface area contributed by atoms with Crippen LogP contribution < -0.4 is 17.0 Å². The molecule has 0 bridgehead atoms. The molecule has 0 aromatic carbocycles. The average molecular weight is 429 g/mol. The quantitative estimate of drug-likeness (QED) is 0.306. The first kappa shape index (κ1) is 22.2. The Hall–Kier alpha value is -3.06. The zero-order valence-corrected chi connectivity index (χ0v) is 16.5. The first-order valence-electron chi connectivity index (χ1n) is 8.30. The Morgan fingerprint density at radius 2 is 1.72 bits per heavy atom. The largest absolute Gasteiger partial charge is 0.463 e. The summed E-state index contributed by atoms with van der Waals surface area (Å²) in [6.07, 6.45) is -5.02. The highest BCUT2D eigenvalue weighted by atomic mass is 32.1. The molecule has 3 N–H and O–H groups in total. The molecule has 0 saturated carbocycles. The van der Waals surface area contributed by atoms with Gasteiger partial charge in [0.05, 0.1) is 5.69 Å². The standard InChI is InChI=1S/C16H19N3O9S/c1-6(20)25-5-10-12(26-7(2)21)13(27-8(3)22)15(28-10)19-9(14(17)29)4-11(23)18-16(19)24/h4,10,12-13,15H,5H2,1-3H3,(H2,17,29)(H,18,23,24)/t10-,12?,13?,15-/m1/s1. The maximum Gasteiger partial charge on any atom is 0.331 e. The number of carbonyl (C=O) groups excluding carboxylic acids is 3. The number of rotatable bonds is 6. The topological polar surface area (TPSA) is 169 Å². The first-order chi connectivity index (χ1) is 13.5. The minimum atomic E-state index is -1.38. The molecule has 1 fully saturated rings. The van der Waals surface area contributed by atoms with Crippen molar-refractivity contribution in [3.63, 3.8) is 0 Å². The van der Waals surface area contributed by atoms with Crippen molar-refractivity contribution < 1.29 is 33.3 Å². The van der Waals surface area contributed by atoms with E-state index in [0.717, 1.165) is 31.4 Å². The minimum absolute atomic E-state index is 0.161. The lowest BCUT2D eigenvalue weighted by Crippen LogP contribution is -2.44. The van der Waals surface area contributed by atoms with Gasteiger partial charge in [-0.1, -0.05) is 12.2 Å². The summed E-state index contributed by atoms with van der Waals surface area (Å²) in [7, 11) is 0. The number of nitrogens with two attached hydrogens (primary N) is 1. The van der Waals surface area contributed by atoms with Gasteiger partial charge in [-0.15, -0.1) is 0 Å². The van der Waals surface area contributed by atoms with E-state index in [-0.39, 0.29) is 17.3 Å². The van der Waals surface area contributed by atoms with Gasteiger partial charge in [0.2, 0.25) is 0 Å². The smallest absolute Gasteiger partial charge is 0.331 e. The van der Waals surface area contributed by atoms with Crippen LogP contribution in [-0.4, -0.2) is 57.4 Å². The molecule has 1 saturated heterocycles. The molecule has 2 heterocycles. The number of nitrogens with zero attached hydrogens (tertiary/aromatic N) is 1. The molecule has 13 heteroatoms. The predicted molar refractivity (Wildman–Crippen MR) is 98.9 cm³/mol. The SMILES string of the molecule is CC(=O)OC[C@H]1O[C@@H](n2c(C(N)=S)cc(=O)[nH]c2=O)C(OC(C)=O)C1OC(C)=O. The van der Waals surface area contributed by atoms with Crippen LogP contribution in [0.3, 0.4) is 0 Å². The minimum Gasteiger partial charge on any atom is -0.463 e. The van der Waals surface area contributed by atoms with Gasteiger partial charge in [0.1, 0.15) is 17.7 Å². The molecule has 158 valence electrons. The van der Waals surface area contributed by atoms with Crippen molar-refractivity contribution in [3.05, 3.63) is 32.6 Å². The van der Waals surface area contributed by atoms with Crippen molar-refractivity contribution in [1.29, 1.82) is 0 Å². The Balaban J connectivity index is 2.59. The van der Waals surface area contributed by atoms with Crippen LogP contribution in [0.1, 0.15) is 32.7 Å². The van der Waals surface area contributed by atoms with Crippen LogP contribution in [0.2, 0.25) is 0 Å². The number of esters is 3. The lowest BCUT2D eigenvalue weighted by Gasteiger charge is -2.25. The normalized spacial score (nSPS) is 23.3. The number of hydrogen-bond donors (Lipinski definition) is 2. The highest BCUT2D eigenvalue weighted by molar-refractivity contribution is 7.80. The number of ether oxygens (including phenoxy) is 4. The second-order valence-electron chi connectivity index (χ2n) is 6.07. The van der Waals surface area contributed by atoms with E-state index in [1.807, 2.05) is 4.98 Å². The van der Waals surface area contributed by atoms with Crippen LogP contribution in [0.5, 0.6) is 0 Å². The van der Waals surface area contributed by atoms with E-state index in [1.54, 1.807) is 0 Å². The number of carbonyl (C=O) groups is 3. The summed E-state index contributed by atoms with van der Waals surface area (Å²) >= 11 is 4.89. The summed E-state index contributed by atoms with van der Waals surface area (Å²) in [5.41, 5.74) is 3.75. The Bertz CT molecular complexity index is 954. The Morgan fingerprint density at radius 1 is 1.14 bits per heavy atom. The van der Waals surface area contributed by atoms with Crippen molar-refractivity contribution in [2.24, 2.45) is 5.73 Å². The summed E-state index contributed by atoms with van der Waals surface area (Å²) < 4.78 is 22.0. The molecule has 1 aromatic rings. The number of nitrogens with one attached hydrogen (secondary N) is 1. The maximum atomic E-state index is 12.5. The highest BCUT2D eigenvalue weighted by Crippen LogP contribution is 2.34. The molecular weight excluding hydrogens is 410 g/mol. The molecule has 0 radical (unpaired) electrons. The lowest BCUT2D eigenvalue weighted by atomic mass is 10.1. The Kier molecular flexibility index (Phi) is 6.87. The summed E-state index contributed by atoms with van der Waals surface area (Å²) in [5, 5.41) is 0. The Morgan fingerprint density at radius 3 is 2.24 bits per heavy atom. The third-order valence-electron chi connectivity index (χ3n) is 3.82. The predicted octanol–water partition coefficient (Wildman–Crippen LogP) is -1.51. The van der Waals surface area contributed by atoms with Gasteiger partial charge >= 0.3 is 23.6 Å². The van der Waals surface area contributed by atoms with E-state index in [0.29, 0.717) is 0 Å². The first-order valence-corrected chi connectivity index (χ1v) is 8.71. The van der Waals surface area contributed by atoms with Crippen molar-refractivity contribution in [3.8, 4) is 0 Å². The fraction of sp³-hybridized carbons (Fsp3) is 0.500. The van der Waals surface area contributed by atoms with Crippen molar-refractivity contribution in [2.75, 3.05) is 6.61 Å². The van der Waals surface area contributed by atoms with Crippen molar-refractivity contribution in [2.45, 2.75) is 45.3 Å². The fourth-order valence-corrected chi connectivity index (χ4v) is 3.01. The Labute approximate surface area is 168 Å². The summed E-state index contributed by atoms with van der Waals surface area (Å²) in [6.45, 7) is 3.02. The van der Waals surface area contributed by atoms with E-state index in [9.17, 15) is 24.0 Å². The van der Waals surface area contributed by atoms with Gasteiger partial charge < -0.3 is 24.7 Å². The van der Waals surface area contributed by atoms with E-state index < -0.39 is 53.7 Å². The number of aromatic nitrogens is 2. The lowest BCUT2D eigenvalue weighted by molar-refractivity contribution is -0.166. The second-order valence-corrected chi connectivity index (χ2v) is 6.51. The molecule has 1 aliphatic rings. The van der Waals surface area contributed by atoms with E-state index >= 15 is 0 Å². The van der Waals surface area contributed by atoms with E-state index in [2.05, 4.69) is 0 Å². The number of hydrogen-bond acceptors (Lipinski definition) is 10. The van der Waals surface area contributed by atoms with Gasteiger partial charge in [-0.2, -0.15) is 0 Å². The zero-order chi connectivity index (χ0) is 21.9. The molecule has 2 unspecified atom stereocenters. The summed E-state index contributed by atoms with van der Waals surface area (Å²) in [5.74, 6) is -2.12. The van der Waals surface area contributed by atoms with Gasteiger partial charge in [-0.25, -0.2) is 4.79 Å². The summed E-state index contributed by atoms with van der Waals surface area (Å²) in [4.78, 5) is 60.2. The van der Waals surface area contributed by atoms with Crippen LogP contribution in [0.15, 0.2) is 15.7 Å². The third kappa shape index (κ3) is 5.26. The van der Waals surface area contributed by atoms with Crippen LogP contribution in [-0.2, 0) is 33.3 Å². The van der Waals surface area contributed by atoms with E-state index in [1.165, 1.54) is 0 Å². The van der Waals surface area contributed by atoms with Gasteiger partial charge in [0.15, 0.2) is 18.4 Å². The van der Waals surface area contributed by atoms with Crippen molar-refractivity contribution in [1.82, 2.24) is 9.55 Å². The van der Waals surface area contributed by atoms with Gasteiger partial charge in [-0.05, 0) is 0 Å². The van der Waals surface area contributed by atoms with Gasteiger partial charge in [0, 0.05) is 26.8 Å². The monoisotopic (exact) mass is 429 g/mol. The molecule has 0 amide bonds. The average Bonchev–Trinajstić information content (AvgIpc) is 2.88. The molecule has 2 rings (SSSR count). The van der Waals surface area contributed by atoms with Crippen LogP contribution in [0, 0.1) is 0 Å². The molecule has 29 heavy (non-hydrogen) atoms. The molecule has 12 nitrogen and oxygen atoms in total. The fourth-order valence-electron chi connectivity index (χ4n) is 2.85. The zero-order valence-electron chi connectivity index (χ0n) is 15.7. The second kappa shape index (κ2) is 8.96. The molecule has 0 spiro atoms. The number of aromatic amines is 1. The third-order valence-corrected chi connectivity index (χ3v) is 4.03.